The van der Waals surface area contributed by atoms with Gasteiger partial charge >= 0.3 is 12.1 Å². The van der Waals surface area contributed by atoms with Crippen molar-refractivity contribution in [1.82, 2.24) is 14.6 Å². The maximum atomic E-state index is 13.7. The second-order valence-electron chi connectivity index (χ2n) is 10.0. The third-order valence-corrected chi connectivity index (χ3v) is 8.60. The molecule has 1 heterocycles. The van der Waals surface area contributed by atoms with Gasteiger partial charge in [0.25, 0.3) is 5.91 Å². The van der Waals surface area contributed by atoms with Crippen LogP contribution in [0.2, 0.25) is 0 Å². The SMILES string of the molecule is COC(=O)C(C)(C)NC(=O)c1ccc(CN(C2CCCCC2C)S(=O)(=O)c2ccc(C(F)(F)F)nc2)cc1. The Balaban J connectivity index is 1.88. The summed E-state index contributed by atoms with van der Waals surface area (Å²) in [6.45, 7) is 4.95. The molecule has 38 heavy (non-hydrogen) atoms. The monoisotopic (exact) mass is 555 g/mol. The average Bonchev–Trinajstić information content (AvgIpc) is 2.86. The fourth-order valence-electron chi connectivity index (χ4n) is 4.54. The lowest BCUT2D eigenvalue weighted by Gasteiger charge is -2.37. The number of hydrogen-bond acceptors (Lipinski definition) is 6. The molecule has 1 fully saturated rings. The number of rotatable bonds is 8. The van der Waals surface area contributed by atoms with E-state index in [1.807, 2.05) is 6.92 Å². The Morgan fingerprint density at radius 3 is 2.24 bits per heavy atom. The van der Waals surface area contributed by atoms with Crippen LogP contribution in [0.1, 0.15) is 68.1 Å². The van der Waals surface area contributed by atoms with Crippen LogP contribution in [0.15, 0.2) is 47.5 Å². The largest absolute Gasteiger partial charge is 0.467 e. The Hall–Kier alpha value is -2.99. The molecule has 2 aromatic rings. The number of halogens is 3. The van der Waals surface area contributed by atoms with Gasteiger partial charge in [0, 0.05) is 24.3 Å². The Labute approximate surface area is 220 Å². The number of amides is 1. The maximum Gasteiger partial charge on any atom is 0.433 e. The van der Waals surface area contributed by atoms with Crippen LogP contribution in [0.3, 0.4) is 0 Å². The lowest BCUT2D eigenvalue weighted by molar-refractivity contribution is -0.146. The van der Waals surface area contributed by atoms with Crippen LogP contribution in [0.25, 0.3) is 0 Å². The van der Waals surface area contributed by atoms with E-state index in [1.165, 1.54) is 37.4 Å². The number of carbonyl (C=O) groups is 2. The van der Waals surface area contributed by atoms with E-state index in [-0.39, 0.29) is 29.0 Å². The van der Waals surface area contributed by atoms with Crippen molar-refractivity contribution in [1.29, 1.82) is 0 Å². The first-order chi connectivity index (χ1) is 17.7. The number of carbonyl (C=O) groups excluding carboxylic acids is 2. The zero-order chi connectivity index (χ0) is 28.3. The number of esters is 1. The molecule has 1 aliphatic carbocycles. The quantitative estimate of drug-likeness (QED) is 0.479. The van der Waals surface area contributed by atoms with Crippen LogP contribution >= 0.6 is 0 Å². The van der Waals surface area contributed by atoms with Crippen LogP contribution in [-0.2, 0) is 32.3 Å². The number of alkyl halides is 3. The topological polar surface area (TPSA) is 106 Å². The summed E-state index contributed by atoms with van der Waals surface area (Å²) in [5, 5.41) is 2.60. The van der Waals surface area contributed by atoms with Gasteiger partial charge in [-0.25, -0.2) is 13.2 Å². The molecule has 1 amide bonds. The number of sulfonamides is 1. The van der Waals surface area contributed by atoms with Crippen LogP contribution < -0.4 is 5.32 Å². The van der Waals surface area contributed by atoms with E-state index < -0.39 is 39.3 Å². The summed E-state index contributed by atoms with van der Waals surface area (Å²) in [5.74, 6) is -1.07. The highest BCUT2D eigenvalue weighted by molar-refractivity contribution is 7.89. The average molecular weight is 556 g/mol. The van der Waals surface area contributed by atoms with Crippen molar-refractivity contribution in [3.63, 3.8) is 0 Å². The normalized spacial score (nSPS) is 18.7. The van der Waals surface area contributed by atoms with Gasteiger partial charge in [-0.2, -0.15) is 17.5 Å². The molecule has 0 saturated heterocycles. The molecule has 1 aromatic carbocycles. The molecule has 0 bridgehead atoms. The molecule has 2 unspecified atom stereocenters. The Morgan fingerprint density at radius 2 is 1.71 bits per heavy atom. The smallest absolute Gasteiger partial charge is 0.433 e. The molecule has 0 spiro atoms. The van der Waals surface area contributed by atoms with Gasteiger partial charge in [-0.15, -0.1) is 0 Å². The van der Waals surface area contributed by atoms with Crippen molar-refractivity contribution in [3.8, 4) is 0 Å². The van der Waals surface area contributed by atoms with Gasteiger partial charge in [-0.3, -0.25) is 9.78 Å². The van der Waals surface area contributed by atoms with E-state index in [2.05, 4.69) is 10.3 Å². The number of nitrogens with zero attached hydrogens (tertiary/aromatic N) is 2. The summed E-state index contributed by atoms with van der Waals surface area (Å²) in [6, 6.07) is 7.52. The minimum atomic E-state index is -4.68. The maximum absolute atomic E-state index is 13.7. The molecule has 1 N–H and O–H groups in total. The highest BCUT2D eigenvalue weighted by Crippen LogP contribution is 2.34. The second kappa shape index (κ2) is 11.4. The fraction of sp³-hybridized carbons (Fsp3) is 0.500. The zero-order valence-corrected chi connectivity index (χ0v) is 22.5. The standard InChI is InChI=1S/C26H32F3N3O5S/c1-17-7-5-6-8-21(17)32(38(35,36)20-13-14-22(30-15-20)26(27,28)29)16-18-9-11-19(12-10-18)23(33)31-25(2,3)24(34)37-4/h9-15,17,21H,5-8,16H2,1-4H3,(H,31,33). The lowest BCUT2D eigenvalue weighted by Crippen LogP contribution is -2.50. The minimum Gasteiger partial charge on any atom is -0.467 e. The van der Waals surface area contributed by atoms with Gasteiger partial charge in [-0.05, 0) is 62.4 Å². The number of methoxy groups -OCH3 is 1. The number of ether oxygens (including phenoxy) is 1. The molecule has 8 nitrogen and oxygen atoms in total. The van der Waals surface area contributed by atoms with Crippen LogP contribution in [0, 0.1) is 5.92 Å². The predicted molar refractivity (Wildman–Crippen MR) is 133 cm³/mol. The van der Waals surface area contributed by atoms with Crippen molar-refractivity contribution < 1.29 is 35.9 Å². The summed E-state index contributed by atoms with van der Waals surface area (Å²) in [5.41, 5.74) is -1.56. The predicted octanol–water partition coefficient (Wildman–Crippen LogP) is 4.55. The van der Waals surface area contributed by atoms with Crippen molar-refractivity contribution in [3.05, 3.63) is 59.4 Å². The molecule has 208 valence electrons. The molecule has 2 atom stereocenters. The van der Waals surface area contributed by atoms with Gasteiger partial charge in [0.15, 0.2) is 0 Å². The molecule has 1 saturated carbocycles. The van der Waals surface area contributed by atoms with Crippen molar-refractivity contribution in [2.45, 2.75) is 75.7 Å². The number of pyridine rings is 1. The number of aromatic nitrogens is 1. The van der Waals surface area contributed by atoms with Gasteiger partial charge in [0.1, 0.15) is 16.1 Å². The highest BCUT2D eigenvalue weighted by atomic mass is 32.2. The van der Waals surface area contributed by atoms with Crippen LogP contribution in [0.5, 0.6) is 0 Å². The third-order valence-electron chi connectivity index (χ3n) is 6.75. The molecule has 0 aliphatic heterocycles. The lowest BCUT2D eigenvalue weighted by atomic mass is 9.86. The van der Waals surface area contributed by atoms with E-state index in [9.17, 15) is 31.2 Å². The van der Waals surface area contributed by atoms with Gasteiger partial charge < -0.3 is 10.1 Å². The Kier molecular flexibility index (Phi) is 8.87. The molecular weight excluding hydrogens is 523 g/mol. The summed E-state index contributed by atoms with van der Waals surface area (Å²) in [4.78, 5) is 27.5. The Morgan fingerprint density at radius 1 is 1.08 bits per heavy atom. The van der Waals surface area contributed by atoms with E-state index >= 15 is 0 Å². The second-order valence-corrected chi connectivity index (χ2v) is 11.9. The van der Waals surface area contributed by atoms with Crippen molar-refractivity contribution in [2.24, 2.45) is 5.92 Å². The van der Waals surface area contributed by atoms with Gasteiger partial charge in [-0.1, -0.05) is 31.9 Å². The molecular formula is C26H32F3N3O5S. The molecule has 12 heteroatoms. The fourth-order valence-corrected chi connectivity index (χ4v) is 6.23. The number of benzene rings is 1. The van der Waals surface area contributed by atoms with E-state index in [4.69, 9.17) is 4.74 Å². The highest BCUT2D eigenvalue weighted by Gasteiger charge is 2.38. The van der Waals surface area contributed by atoms with E-state index in [1.54, 1.807) is 12.1 Å². The first-order valence-corrected chi connectivity index (χ1v) is 13.7. The zero-order valence-electron chi connectivity index (χ0n) is 21.7. The molecule has 1 aromatic heterocycles. The Bertz CT molecular complexity index is 1250. The number of nitrogens with one attached hydrogen (secondary N) is 1. The third kappa shape index (κ3) is 6.71. The molecule has 1 aliphatic rings. The summed E-state index contributed by atoms with van der Waals surface area (Å²) >= 11 is 0. The van der Waals surface area contributed by atoms with Crippen LogP contribution in [0.4, 0.5) is 13.2 Å². The van der Waals surface area contributed by atoms with Gasteiger partial charge in [0.2, 0.25) is 10.0 Å². The molecule has 3 rings (SSSR count). The minimum absolute atomic E-state index is 0.0338. The van der Waals surface area contributed by atoms with E-state index in [0.29, 0.717) is 18.1 Å². The van der Waals surface area contributed by atoms with Crippen molar-refractivity contribution in [2.75, 3.05) is 7.11 Å². The van der Waals surface area contributed by atoms with Gasteiger partial charge in [0.05, 0.1) is 7.11 Å². The summed E-state index contributed by atoms with van der Waals surface area (Å²) < 4.78 is 72.3. The number of hydrogen-bond donors (Lipinski definition) is 1. The first-order valence-electron chi connectivity index (χ1n) is 12.2. The van der Waals surface area contributed by atoms with Crippen LogP contribution in [-0.4, -0.2) is 48.3 Å². The van der Waals surface area contributed by atoms with Crippen molar-refractivity contribution >= 4 is 21.9 Å². The summed E-state index contributed by atoms with van der Waals surface area (Å²) in [6.07, 6.45) is -0.676. The van der Waals surface area contributed by atoms with E-state index in [0.717, 1.165) is 31.5 Å². The molecule has 0 radical (unpaired) electrons. The summed E-state index contributed by atoms with van der Waals surface area (Å²) in [7, 11) is -2.96. The first kappa shape index (κ1) is 29.6.